The zero-order valence-electron chi connectivity index (χ0n) is 7.39. The van der Waals surface area contributed by atoms with Gasteiger partial charge in [0.1, 0.15) is 0 Å². The summed E-state index contributed by atoms with van der Waals surface area (Å²) in [5.41, 5.74) is 0.993. The number of likely N-dealkylation sites (tertiary alicyclic amines) is 1. The van der Waals surface area contributed by atoms with Crippen molar-refractivity contribution >= 4 is 15.9 Å². The molecule has 0 aromatic heterocycles. The van der Waals surface area contributed by atoms with Gasteiger partial charge in [-0.1, -0.05) is 15.9 Å². The van der Waals surface area contributed by atoms with Gasteiger partial charge in [-0.3, -0.25) is 4.90 Å². The van der Waals surface area contributed by atoms with Gasteiger partial charge >= 0.3 is 0 Å². The van der Waals surface area contributed by atoms with E-state index in [9.17, 15) is 0 Å². The van der Waals surface area contributed by atoms with Crippen molar-refractivity contribution in [3.8, 4) is 0 Å². The Labute approximate surface area is 77.7 Å². The molecule has 3 heteroatoms. The number of alkyl halides is 1. The molecule has 0 spiro atoms. The van der Waals surface area contributed by atoms with Gasteiger partial charge in [0.2, 0.25) is 0 Å². The fraction of sp³-hybridized carbons (Fsp3) is 1.00. The van der Waals surface area contributed by atoms with Crippen molar-refractivity contribution < 1.29 is 0 Å². The summed E-state index contributed by atoms with van der Waals surface area (Å²) in [6, 6.07) is 0. The van der Waals surface area contributed by atoms with Crippen LogP contribution in [0.25, 0.3) is 0 Å². The molecule has 1 aliphatic heterocycles. The monoisotopic (exact) mass is 220 g/mol. The van der Waals surface area contributed by atoms with Crippen LogP contribution in [0.2, 0.25) is 0 Å². The lowest BCUT2D eigenvalue weighted by Crippen LogP contribution is -2.26. The van der Waals surface area contributed by atoms with Crippen molar-refractivity contribution in [2.45, 2.75) is 6.42 Å². The fourth-order valence-electron chi connectivity index (χ4n) is 1.66. The maximum Gasteiger partial charge on any atom is 0.0539 e. The molecule has 1 rings (SSSR count). The van der Waals surface area contributed by atoms with Crippen molar-refractivity contribution in [2.75, 3.05) is 39.2 Å². The smallest absolute Gasteiger partial charge is 0.0539 e. The van der Waals surface area contributed by atoms with Crippen LogP contribution in [-0.2, 0) is 0 Å². The fourth-order valence-corrected chi connectivity index (χ4v) is 1.87. The number of rotatable bonds is 3. The van der Waals surface area contributed by atoms with Crippen LogP contribution in [-0.4, -0.2) is 49.0 Å². The van der Waals surface area contributed by atoms with Gasteiger partial charge in [0.05, 0.1) is 5.45 Å². The van der Waals surface area contributed by atoms with Crippen molar-refractivity contribution in [1.29, 1.82) is 0 Å². The van der Waals surface area contributed by atoms with Gasteiger partial charge in [-0.2, -0.15) is 0 Å². The molecule has 0 aliphatic carbocycles. The molecule has 1 fully saturated rings. The van der Waals surface area contributed by atoms with E-state index in [1.807, 2.05) is 0 Å². The number of nitrogens with zero attached hydrogens (tertiary/aromatic N) is 2. The van der Waals surface area contributed by atoms with Crippen molar-refractivity contribution in [3.05, 3.63) is 0 Å². The third-order valence-electron chi connectivity index (χ3n) is 2.26. The summed E-state index contributed by atoms with van der Waals surface area (Å²) in [4.78, 5) is 4.73. The topological polar surface area (TPSA) is 6.48 Å². The Bertz CT molecular complexity index is 119. The van der Waals surface area contributed by atoms with Crippen LogP contribution in [0.3, 0.4) is 0 Å². The van der Waals surface area contributed by atoms with Crippen molar-refractivity contribution in [1.82, 2.24) is 9.80 Å². The minimum absolute atomic E-state index is 0.891. The molecule has 1 heterocycles. The minimum atomic E-state index is 0.891. The van der Waals surface area contributed by atoms with E-state index in [2.05, 4.69) is 39.8 Å². The Kier molecular flexibility index (Phi) is 3.82. The molecule has 2 nitrogen and oxygen atoms in total. The molecule has 0 aromatic carbocycles. The van der Waals surface area contributed by atoms with E-state index in [1.165, 1.54) is 26.1 Å². The summed E-state index contributed by atoms with van der Waals surface area (Å²) in [7, 11) is 4.36. The van der Waals surface area contributed by atoms with Gasteiger partial charge in [0.15, 0.2) is 0 Å². The molecule has 0 saturated carbocycles. The van der Waals surface area contributed by atoms with Crippen LogP contribution in [0.4, 0.5) is 0 Å². The lowest BCUT2D eigenvalue weighted by molar-refractivity contribution is 0.310. The molecule has 0 radical (unpaired) electrons. The van der Waals surface area contributed by atoms with Gasteiger partial charge < -0.3 is 4.90 Å². The molecule has 0 amide bonds. The highest BCUT2D eigenvalue weighted by Gasteiger charge is 2.19. The first-order valence-corrected chi connectivity index (χ1v) is 5.27. The molecule has 1 unspecified atom stereocenters. The quantitative estimate of drug-likeness (QED) is 0.522. The predicted octanol–water partition coefficient (Wildman–Crippen LogP) is 1.22. The van der Waals surface area contributed by atoms with E-state index in [4.69, 9.17) is 0 Å². The third kappa shape index (κ3) is 3.09. The Morgan fingerprint density at radius 1 is 1.64 bits per heavy atom. The summed E-state index contributed by atoms with van der Waals surface area (Å²) < 4.78 is 0. The maximum absolute atomic E-state index is 3.45. The highest BCUT2D eigenvalue weighted by atomic mass is 79.9. The first-order valence-electron chi connectivity index (χ1n) is 4.15. The minimum Gasteiger partial charge on any atom is -0.306 e. The molecule has 0 bridgehead atoms. The Morgan fingerprint density at radius 3 is 2.82 bits per heavy atom. The summed E-state index contributed by atoms with van der Waals surface area (Å²) in [6.45, 7) is 3.79. The first-order chi connectivity index (χ1) is 5.22. The number of hydrogen-bond donors (Lipinski definition) is 0. The van der Waals surface area contributed by atoms with Crippen LogP contribution >= 0.6 is 15.9 Å². The second-order valence-corrected chi connectivity index (χ2v) is 4.08. The summed E-state index contributed by atoms with van der Waals surface area (Å²) in [5, 5.41) is 0. The van der Waals surface area contributed by atoms with E-state index in [1.54, 1.807) is 0 Å². The number of halogens is 1. The van der Waals surface area contributed by atoms with E-state index >= 15 is 0 Å². The lowest BCUT2D eigenvalue weighted by atomic mass is 10.1. The molecule has 1 atom stereocenters. The molecule has 1 saturated heterocycles. The SMILES string of the molecule is CN(CBr)CC1CCN(C)C1. The van der Waals surface area contributed by atoms with E-state index in [0.717, 1.165) is 11.4 Å². The van der Waals surface area contributed by atoms with Crippen LogP contribution in [0.1, 0.15) is 6.42 Å². The summed E-state index contributed by atoms with van der Waals surface area (Å²) in [5.74, 6) is 0.891. The van der Waals surface area contributed by atoms with Crippen LogP contribution in [0.15, 0.2) is 0 Å². The molecule has 0 aromatic rings. The second kappa shape index (κ2) is 4.43. The van der Waals surface area contributed by atoms with Crippen molar-refractivity contribution in [2.24, 2.45) is 5.92 Å². The average molecular weight is 221 g/mol. The first kappa shape index (κ1) is 9.49. The zero-order valence-corrected chi connectivity index (χ0v) is 8.97. The molecule has 11 heavy (non-hydrogen) atoms. The Morgan fingerprint density at radius 2 is 2.36 bits per heavy atom. The second-order valence-electron chi connectivity index (χ2n) is 3.58. The van der Waals surface area contributed by atoms with Gasteiger partial charge in [-0.15, -0.1) is 0 Å². The van der Waals surface area contributed by atoms with E-state index in [0.29, 0.717) is 0 Å². The standard InChI is InChI=1S/C8H17BrN2/c1-10-4-3-8(5-10)6-11(2)7-9/h8H,3-7H2,1-2H3. The van der Waals surface area contributed by atoms with Gasteiger partial charge in [-0.05, 0) is 33.0 Å². The van der Waals surface area contributed by atoms with Crippen LogP contribution in [0, 0.1) is 5.92 Å². The Hall–Kier alpha value is 0.400. The Balaban J connectivity index is 2.17. The molecule has 0 N–H and O–H groups in total. The van der Waals surface area contributed by atoms with Gasteiger partial charge in [0, 0.05) is 13.1 Å². The molecule has 1 aliphatic rings. The van der Waals surface area contributed by atoms with Crippen LogP contribution < -0.4 is 0 Å². The highest BCUT2D eigenvalue weighted by Crippen LogP contribution is 2.15. The maximum atomic E-state index is 3.45. The third-order valence-corrected chi connectivity index (χ3v) is 3.12. The molecular weight excluding hydrogens is 204 g/mol. The van der Waals surface area contributed by atoms with E-state index < -0.39 is 0 Å². The number of hydrogen-bond acceptors (Lipinski definition) is 2. The summed E-state index contributed by atoms with van der Waals surface area (Å²) >= 11 is 3.45. The molecule has 66 valence electrons. The van der Waals surface area contributed by atoms with E-state index in [-0.39, 0.29) is 0 Å². The highest BCUT2D eigenvalue weighted by molar-refractivity contribution is 9.09. The van der Waals surface area contributed by atoms with Gasteiger partial charge in [0.25, 0.3) is 0 Å². The predicted molar refractivity (Wildman–Crippen MR) is 52.0 cm³/mol. The van der Waals surface area contributed by atoms with Crippen LogP contribution in [0.5, 0.6) is 0 Å². The normalized spacial score (nSPS) is 26.7. The zero-order chi connectivity index (χ0) is 8.27. The largest absolute Gasteiger partial charge is 0.306 e. The lowest BCUT2D eigenvalue weighted by Gasteiger charge is -2.17. The molecular formula is C8H17BrN2. The van der Waals surface area contributed by atoms with Crippen molar-refractivity contribution in [3.63, 3.8) is 0 Å². The summed E-state index contributed by atoms with van der Waals surface area (Å²) in [6.07, 6.45) is 1.37. The van der Waals surface area contributed by atoms with Gasteiger partial charge in [-0.25, -0.2) is 0 Å². The average Bonchev–Trinajstić information content (AvgIpc) is 2.35.